The summed E-state index contributed by atoms with van der Waals surface area (Å²) in [6.07, 6.45) is 0. The molecule has 0 aliphatic carbocycles. The van der Waals surface area contributed by atoms with Gasteiger partial charge in [-0.1, -0.05) is 30.3 Å². The van der Waals surface area contributed by atoms with Crippen LogP contribution in [0.3, 0.4) is 0 Å². The van der Waals surface area contributed by atoms with Crippen LogP contribution in [0.4, 0.5) is 0 Å². The maximum Gasteiger partial charge on any atom is 0.342 e. The number of halogens is 1. The Morgan fingerprint density at radius 3 is 2.35 bits per heavy atom. The summed E-state index contributed by atoms with van der Waals surface area (Å²) in [5, 5.41) is 0. The maximum atomic E-state index is 13.0. The molecule has 10 heteroatoms. The van der Waals surface area contributed by atoms with Crippen LogP contribution < -0.4 is 21.8 Å². The zero-order valence-corrected chi connectivity index (χ0v) is 20.0. The first-order valence-electron chi connectivity index (χ1n) is 10.0. The van der Waals surface area contributed by atoms with E-state index >= 15 is 0 Å². The number of H-pyrrole nitrogens is 1. The van der Waals surface area contributed by atoms with Gasteiger partial charge in [-0.15, -0.1) is 0 Å². The van der Waals surface area contributed by atoms with Gasteiger partial charge in [-0.25, -0.2) is 28.3 Å². The average Bonchev–Trinajstić information content (AvgIpc) is 2.84. The number of aromatic nitrogens is 3. The van der Waals surface area contributed by atoms with Gasteiger partial charge >= 0.3 is 23.0 Å². The van der Waals surface area contributed by atoms with Crippen molar-refractivity contribution in [2.75, 3.05) is 0 Å². The van der Waals surface area contributed by atoms with Gasteiger partial charge < -0.3 is 9.47 Å². The van der Waals surface area contributed by atoms with E-state index in [1.807, 2.05) is 42.5 Å². The van der Waals surface area contributed by atoms with Crippen LogP contribution in [0.15, 0.2) is 87.2 Å². The first-order valence-corrected chi connectivity index (χ1v) is 11.1. The van der Waals surface area contributed by atoms with Gasteiger partial charge in [0.1, 0.15) is 23.7 Å². The van der Waals surface area contributed by atoms with Crippen molar-refractivity contribution in [2.45, 2.75) is 6.61 Å². The zero-order valence-electron chi connectivity index (χ0n) is 17.9. The number of nitrogens with one attached hydrogen (secondary N) is 1. The second-order valence-corrected chi connectivity index (χ2v) is 8.46. The van der Waals surface area contributed by atoms with Crippen LogP contribution in [-0.4, -0.2) is 20.1 Å². The summed E-state index contributed by atoms with van der Waals surface area (Å²) in [5.74, 6) is -0.0415. The van der Waals surface area contributed by atoms with Gasteiger partial charge in [0.05, 0.1) is 5.69 Å². The van der Waals surface area contributed by atoms with E-state index in [0.717, 1.165) is 18.3 Å². The van der Waals surface area contributed by atoms with Crippen LogP contribution >= 0.6 is 22.6 Å². The van der Waals surface area contributed by atoms with Crippen LogP contribution in [-0.2, 0) is 18.4 Å². The molecule has 0 fully saturated rings. The van der Waals surface area contributed by atoms with Gasteiger partial charge in [-0.3, -0.25) is 4.98 Å². The summed E-state index contributed by atoms with van der Waals surface area (Å²) < 4.78 is 13.9. The van der Waals surface area contributed by atoms with Crippen molar-refractivity contribution >= 4 is 28.6 Å². The largest absolute Gasteiger partial charge is 0.457 e. The van der Waals surface area contributed by atoms with E-state index in [9.17, 15) is 19.2 Å². The van der Waals surface area contributed by atoms with E-state index in [-0.39, 0.29) is 23.6 Å². The van der Waals surface area contributed by atoms with Crippen molar-refractivity contribution in [1.29, 1.82) is 0 Å². The SMILES string of the molecule is Cn1c(=O)[nH]c(=O)n(-c2ccc(Oc3ccc(I)cc3)c(C(=O)OCc3ccccc3)c2)c1=O. The van der Waals surface area contributed by atoms with Crippen LogP contribution in [0, 0.1) is 3.57 Å². The smallest absolute Gasteiger partial charge is 0.342 e. The highest BCUT2D eigenvalue weighted by Crippen LogP contribution is 2.28. The number of esters is 1. The van der Waals surface area contributed by atoms with Gasteiger partial charge in [0, 0.05) is 10.6 Å². The summed E-state index contributed by atoms with van der Waals surface area (Å²) in [6, 6.07) is 20.5. The van der Waals surface area contributed by atoms with Crippen LogP contribution in [0.5, 0.6) is 11.5 Å². The fraction of sp³-hybridized carbons (Fsp3) is 0.0833. The van der Waals surface area contributed by atoms with Gasteiger partial charge in [-0.2, -0.15) is 0 Å². The quantitative estimate of drug-likeness (QED) is 0.282. The lowest BCUT2D eigenvalue weighted by Gasteiger charge is -2.14. The number of carbonyl (C=O) groups excluding carboxylic acids is 1. The topological polar surface area (TPSA) is 112 Å². The van der Waals surface area contributed by atoms with Crippen LogP contribution in [0.25, 0.3) is 5.69 Å². The zero-order chi connectivity index (χ0) is 24.2. The Morgan fingerprint density at radius 1 is 0.941 bits per heavy atom. The molecule has 0 aliphatic heterocycles. The number of nitrogens with zero attached hydrogens (tertiary/aromatic N) is 2. The summed E-state index contributed by atoms with van der Waals surface area (Å²) in [4.78, 5) is 51.7. The number of ether oxygens (including phenoxy) is 2. The number of hydrogen-bond donors (Lipinski definition) is 1. The monoisotopic (exact) mass is 571 g/mol. The summed E-state index contributed by atoms with van der Waals surface area (Å²) in [5.41, 5.74) is -1.76. The summed E-state index contributed by atoms with van der Waals surface area (Å²) in [6.45, 7) is 0.0211. The molecule has 0 bridgehead atoms. The van der Waals surface area contributed by atoms with Crippen LogP contribution in [0.2, 0.25) is 0 Å². The molecule has 3 aromatic carbocycles. The van der Waals surface area contributed by atoms with Crippen molar-refractivity contribution in [2.24, 2.45) is 7.05 Å². The lowest BCUT2D eigenvalue weighted by Crippen LogP contribution is -2.47. The molecule has 9 nitrogen and oxygen atoms in total. The fourth-order valence-corrected chi connectivity index (χ4v) is 3.48. The normalized spacial score (nSPS) is 10.6. The standard InChI is InChI=1S/C24H18IN3O6/c1-27-22(30)26-23(31)28(24(27)32)17-9-12-20(34-18-10-7-16(25)8-11-18)19(13-17)21(29)33-14-15-5-3-2-4-6-15/h2-13H,14H2,1H3,(H,26,30,31). The predicted molar refractivity (Wildman–Crippen MR) is 133 cm³/mol. The Balaban J connectivity index is 1.76. The molecule has 4 aromatic rings. The number of rotatable bonds is 6. The summed E-state index contributed by atoms with van der Waals surface area (Å²) >= 11 is 2.16. The van der Waals surface area contributed by atoms with Crippen molar-refractivity contribution < 1.29 is 14.3 Å². The molecule has 0 radical (unpaired) electrons. The Labute approximate surface area is 206 Å². The third-order valence-corrected chi connectivity index (χ3v) is 5.61. The van der Waals surface area contributed by atoms with Crippen LogP contribution in [0.1, 0.15) is 15.9 Å². The lowest BCUT2D eigenvalue weighted by atomic mass is 10.1. The number of carbonyl (C=O) groups is 1. The van der Waals surface area contributed by atoms with Gasteiger partial charge in [0.25, 0.3) is 0 Å². The molecular formula is C24H18IN3O6. The number of aromatic amines is 1. The van der Waals surface area contributed by atoms with Gasteiger partial charge in [0.15, 0.2) is 0 Å². The minimum Gasteiger partial charge on any atom is -0.457 e. The molecule has 172 valence electrons. The molecule has 0 saturated carbocycles. The van der Waals surface area contributed by atoms with E-state index < -0.39 is 23.0 Å². The second kappa shape index (κ2) is 9.91. The molecule has 1 aromatic heterocycles. The van der Waals surface area contributed by atoms with Crippen molar-refractivity contribution in [3.05, 3.63) is 119 Å². The third kappa shape index (κ3) is 5.01. The van der Waals surface area contributed by atoms with E-state index in [4.69, 9.17) is 9.47 Å². The Kier molecular flexibility index (Phi) is 6.77. The van der Waals surface area contributed by atoms with Crippen molar-refractivity contribution in [3.63, 3.8) is 0 Å². The van der Waals surface area contributed by atoms with E-state index in [0.29, 0.717) is 5.75 Å². The van der Waals surface area contributed by atoms with E-state index in [1.54, 1.807) is 12.1 Å². The van der Waals surface area contributed by atoms with Gasteiger partial charge in [-0.05, 0) is 70.6 Å². The highest BCUT2D eigenvalue weighted by Gasteiger charge is 2.19. The first-order chi connectivity index (χ1) is 16.3. The van der Waals surface area contributed by atoms with Gasteiger partial charge in [0.2, 0.25) is 0 Å². The van der Waals surface area contributed by atoms with Crippen molar-refractivity contribution in [3.8, 4) is 17.2 Å². The molecule has 0 atom stereocenters. The van der Waals surface area contributed by atoms with E-state index in [1.165, 1.54) is 25.2 Å². The minimum atomic E-state index is -0.928. The summed E-state index contributed by atoms with van der Waals surface area (Å²) in [7, 11) is 1.24. The lowest BCUT2D eigenvalue weighted by molar-refractivity contribution is 0.0470. The fourth-order valence-electron chi connectivity index (χ4n) is 3.12. The molecule has 4 rings (SSSR count). The highest BCUT2D eigenvalue weighted by atomic mass is 127. The van der Waals surface area contributed by atoms with E-state index in [2.05, 4.69) is 27.6 Å². The Bertz CT molecular complexity index is 1520. The molecule has 1 N–H and O–H groups in total. The highest BCUT2D eigenvalue weighted by molar-refractivity contribution is 14.1. The number of hydrogen-bond acceptors (Lipinski definition) is 6. The average molecular weight is 571 g/mol. The molecule has 0 spiro atoms. The minimum absolute atomic E-state index is 0.00661. The second-order valence-electron chi connectivity index (χ2n) is 7.21. The molecular weight excluding hydrogens is 553 g/mol. The molecule has 0 amide bonds. The van der Waals surface area contributed by atoms with Crippen molar-refractivity contribution in [1.82, 2.24) is 14.1 Å². The first kappa shape index (κ1) is 23.2. The predicted octanol–water partition coefficient (Wildman–Crippen LogP) is 2.98. The third-order valence-electron chi connectivity index (χ3n) is 4.90. The maximum absolute atomic E-state index is 13.0. The molecule has 0 aliphatic rings. The molecule has 0 unspecified atom stereocenters. The Morgan fingerprint density at radius 2 is 1.65 bits per heavy atom. The Hall–Kier alpha value is -3.93. The number of benzene rings is 3. The molecule has 34 heavy (non-hydrogen) atoms. The molecule has 0 saturated heterocycles. The molecule has 1 heterocycles.